The predicted molar refractivity (Wildman–Crippen MR) is 116 cm³/mol. The maximum atomic E-state index is 5.82. The number of rotatable bonds is 4. The van der Waals surface area contributed by atoms with Crippen molar-refractivity contribution in [1.82, 2.24) is 5.16 Å². The van der Waals surface area contributed by atoms with Crippen molar-refractivity contribution >= 4 is 40.9 Å². The molecule has 5 nitrogen and oxygen atoms in total. The van der Waals surface area contributed by atoms with Gasteiger partial charge in [-0.15, -0.1) is 0 Å². The molecule has 0 amide bonds. The van der Waals surface area contributed by atoms with Gasteiger partial charge < -0.3 is 9.26 Å². The van der Waals surface area contributed by atoms with E-state index < -0.39 is 0 Å². The average Bonchev–Trinajstić information content (AvgIpc) is 3.08. The fraction of sp³-hybridized carbons (Fsp3) is 0.182. The van der Waals surface area contributed by atoms with Crippen molar-refractivity contribution in [3.05, 3.63) is 77.2 Å². The van der Waals surface area contributed by atoms with E-state index in [2.05, 4.69) is 24.2 Å². The van der Waals surface area contributed by atoms with E-state index in [0.29, 0.717) is 24.3 Å². The monoisotopic (exact) mass is 391 g/mol. The van der Waals surface area contributed by atoms with Gasteiger partial charge in [0.1, 0.15) is 24.8 Å². The molecule has 1 fully saturated rings. The fourth-order valence-corrected chi connectivity index (χ4v) is 3.41. The van der Waals surface area contributed by atoms with Gasteiger partial charge >= 0.3 is 0 Å². The summed E-state index contributed by atoms with van der Waals surface area (Å²) in [5, 5.41) is 4.81. The van der Waals surface area contributed by atoms with Crippen LogP contribution in [0.25, 0.3) is 12.2 Å². The van der Waals surface area contributed by atoms with Crippen LogP contribution in [0.1, 0.15) is 22.6 Å². The van der Waals surface area contributed by atoms with Crippen molar-refractivity contribution in [2.75, 3.05) is 23.3 Å². The van der Waals surface area contributed by atoms with Gasteiger partial charge in [-0.3, -0.25) is 9.80 Å². The molecule has 1 aromatic heterocycles. The van der Waals surface area contributed by atoms with Crippen molar-refractivity contribution in [3.63, 3.8) is 0 Å². The van der Waals surface area contributed by atoms with Gasteiger partial charge in [-0.1, -0.05) is 59.3 Å². The Kier molecular flexibility index (Phi) is 5.23. The quantitative estimate of drug-likeness (QED) is 0.583. The topological polar surface area (TPSA) is 41.7 Å². The molecule has 0 spiro atoms. The Morgan fingerprint density at radius 2 is 1.64 bits per heavy atom. The van der Waals surface area contributed by atoms with E-state index in [1.54, 1.807) is 0 Å². The maximum absolute atomic E-state index is 5.82. The predicted octanol–water partition coefficient (Wildman–Crippen LogP) is 5.00. The summed E-state index contributed by atoms with van der Waals surface area (Å²) in [6.45, 7) is 4.74. The third-order valence-electron chi connectivity index (χ3n) is 4.60. The molecule has 0 radical (unpaired) electrons. The number of thiocarbonyl (C=S) groups is 1. The number of ether oxygens (including phenoxy) is 1. The third kappa shape index (κ3) is 3.69. The number of anilines is 2. The Hall–Kier alpha value is -2.96. The zero-order valence-corrected chi connectivity index (χ0v) is 16.6. The molecule has 3 aromatic rings. The second-order valence-corrected chi connectivity index (χ2v) is 7.03. The lowest BCUT2D eigenvalue weighted by Gasteiger charge is -2.37. The largest absolute Gasteiger partial charge is 0.354 e. The summed E-state index contributed by atoms with van der Waals surface area (Å²) >= 11 is 5.79. The van der Waals surface area contributed by atoms with Crippen LogP contribution < -0.4 is 9.80 Å². The minimum atomic E-state index is 0.357. The summed E-state index contributed by atoms with van der Waals surface area (Å²) in [6.07, 6.45) is 3.91. The molecule has 0 aliphatic carbocycles. The molecule has 1 saturated heterocycles. The van der Waals surface area contributed by atoms with Gasteiger partial charge in [-0.25, -0.2) is 0 Å². The highest BCUT2D eigenvalue weighted by Crippen LogP contribution is 2.31. The molecule has 6 heteroatoms. The van der Waals surface area contributed by atoms with Gasteiger partial charge in [-0.05, 0) is 49.8 Å². The fourth-order valence-electron chi connectivity index (χ4n) is 3.11. The van der Waals surface area contributed by atoms with E-state index >= 15 is 0 Å². The van der Waals surface area contributed by atoms with Crippen LogP contribution in [-0.2, 0) is 4.74 Å². The van der Waals surface area contributed by atoms with Gasteiger partial charge in [0.2, 0.25) is 0 Å². The third-order valence-corrected chi connectivity index (χ3v) is 5.04. The maximum Gasteiger partial charge on any atom is 0.184 e. The van der Waals surface area contributed by atoms with Gasteiger partial charge in [0.05, 0.1) is 0 Å². The number of benzene rings is 2. The SMILES string of the molecule is Cc1ccc(N2COCN(c3c(C)noc3/C=C/c3ccccc3)C2=S)cc1. The van der Waals surface area contributed by atoms with Crippen LogP contribution in [0.3, 0.4) is 0 Å². The molecule has 28 heavy (non-hydrogen) atoms. The lowest BCUT2D eigenvalue weighted by molar-refractivity contribution is 0.138. The molecule has 1 aliphatic rings. The number of hydrogen-bond acceptors (Lipinski definition) is 4. The zero-order valence-electron chi connectivity index (χ0n) is 15.8. The van der Waals surface area contributed by atoms with E-state index in [1.807, 2.05) is 71.3 Å². The highest BCUT2D eigenvalue weighted by Gasteiger charge is 2.29. The van der Waals surface area contributed by atoms with E-state index in [0.717, 1.165) is 22.6 Å². The van der Waals surface area contributed by atoms with Gasteiger partial charge in [0.15, 0.2) is 10.9 Å². The average molecular weight is 391 g/mol. The first-order chi connectivity index (χ1) is 13.6. The number of aromatic nitrogens is 1. The Morgan fingerprint density at radius 1 is 0.929 bits per heavy atom. The lowest BCUT2D eigenvalue weighted by Crippen LogP contribution is -2.51. The minimum absolute atomic E-state index is 0.357. The van der Waals surface area contributed by atoms with Gasteiger partial charge in [0, 0.05) is 5.69 Å². The first-order valence-corrected chi connectivity index (χ1v) is 9.47. The van der Waals surface area contributed by atoms with Crippen molar-refractivity contribution in [1.29, 1.82) is 0 Å². The van der Waals surface area contributed by atoms with E-state index in [1.165, 1.54) is 5.56 Å². The minimum Gasteiger partial charge on any atom is -0.354 e. The van der Waals surface area contributed by atoms with Crippen molar-refractivity contribution in [2.24, 2.45) is 0 Å². The van der Waals surface area contributed by atoms with Crippen molar-refractivity contribution in [2.45, 2.75) is 13.8 Å². The zero-order chi connectivity index (χ0) is 19.5. The molecule has 0 atom stereocenters. The molecule has 1 aliphatic heterocycles. The van der Waals surface area contributed by atoms with Crippen LogP contribution in [0.2, 0.25) is 0 Å². The first-order valence-electron chi connectivity index (χ1n) is 9.06. The summed E-state index contributed by atoms with van der Waals surface area (Å²) in [7, 11) is 0. The molecule has 0 unspecified atom stereocenters. The Bertz CT molecular complexity index is 996. The molecule has 0 bridgehead atoms. The second kappa shape index (κ2) is 7.96. The first kappa shape index (κ1) is 18.4. The summed E-state index contributed by atoms with van der Waals surface area (Å²) < 4.78 is 11.4. The van der Waals surface area contributed by atoms with Crippen LogP contribution >= 0.6 is 12.2 Å². The van der Waals surface area contributed by atoms with Crippen LogP contribution in [0.4, 0.5) is 11.4 Å². The lowest BCUT2D eigenvalue weighted by atomic mass is 10.2. The van der Waals surface area contributed by atoms with Crippen molar-refractivity contribution < 1.29 is 9.26 Å². The summed E-state index contributed by atoms with van der Waals surface area (Å²) in [6, 6.07) is 18.3. The Balaban J connectivity index is 1.63. The van der Waals surface area contributed by atoms with E-state index in [-0.39, 0.29) is 0 Å². The van der Waals surface area contributed by atoms with E-state index in [4.69, 9.17) is 21.5 Å². The highest BCUT2D eigenvalue weighted by molar-refractivity contribution is 7.80. The highest BCUT2D eigenvalue weighted by atomic mass is 32.1. The second-order valence-electron chi connectivity index (χ2n) is 6.66. The summed E-state index contributed by atoms with van der Waals surface area (Å²) in [4.78, 5) is 3.89. The Morgan fingerprint density at radius 3 is 2.39 bits per heavy atom. The summed E-state index contributed by atoms with van der Waals surface area (Å²) in [5.74, 6) is 0.651. The number of nitrogens with zero attached hydrogens (tertiary/aromatic N) is 3. The standard InChI is InChI=1S/C22H21N3O2S/c1-16-8-11-19(12-9-16)24-14-26-15-25(22(24)28)21-17(2)23-27-20(21)13-10-18-6-4-3-5-7-18/h3-13H,14-15H2,1-2H3/b13-10+. The molecule has 0 N–H and O–H groups in total. The van der Waals surface area contributed by atoms with Crippen LogP contribution in [-0.4, -0.2) is 23.7 Å². The van der Waals surface area contributed by atoms with Crippen LogP contribution in [0.15, 0.2) is 59.1 Å². The number of aryl methyl sites for hydroxylation is 2. The van der Waals surface area contributed by atoms with E-state index in [9.17, 15) is 0 Å². The Labute approximate surface area is 169 Å². The molecule has 2 aromatic carbocycles. The van der Waals surface area contributed by atoms with Gasteiger partial charge in [0.25, 0.3) is 0 Å². The van der Waals surface area contributed by atoms with Gasteiger partial charge in [-0.2, -0.15) is 0 Å². The van der Waals surface area contributed by atoms with Crippen LogP contribution in [0.5, 0.6) is 0 Å². The molecular weight excluding hydrogens is 370 g/mol. The molecule has 0 saturated carbocycles. The summed E-state index contributed by atoms with van der Waals surface area (Å²) in [5.41, 5.74) is 4.88. The van der Waals surface area contributed by atoms with Crippen molar-refractivity contribution in [3.8, 4) is 0 Å². The van der Waals surface area contributed by atoms with Crippen LogP contribution in [0, 0.1) is 13.8 Å². The molecule has 2 heterocycles. The smallest absolute Gasteiger partial charge is 0.184 e. The molecule has 142 valence electrons. The molecule has 4 rings (SSSR count). The normalized spacial score (nSPS) is 14.9. The number of hydrogen-bond donors (Lipinski definition) is 0. The molecular formula is C22H21N3O2S.